The first-order valence-corrected chi connectivity index (χ1v) is 5.88. The van der Waals surface area contributed by atoms with Gasteiger partial charge < -0.3 is 14.2 Å². The molecule has 2 saturated heterocycles. The van der Waals surface area contributed by atoms with Crippen molar-refractivity contribution in [3.8, 4) is 0 Å². The predicted molar refractivity (Wildman–Crippen MR) is 56.8 cm³/mol. The fourth-order valence-corrected chi connectivity index (χ4v) is 2.41. The molecular weight excluding hydrogens is 194 g/mol. The Morgan fingerprint density at radius 1 is 1.27 bits per heavy atom. The molecule has 2 rings (SSSR count). The number of ether oxygens (including phenoxy) is 3. The highest BCUT2D eigenvalue weighted by Gasteiger charge is 2.33. The molecule has 0 N–H and O–H groups in total. The zero-order chi connectivity index (χ0) is 10.5. The summed E-state index contributed by atoms with van der Waals surface area (Å²) in [6.07, 6.45) is 3.76. The van der Waals surface area contributed by atoms with E-state index < -0.39 is 0 Å². The maximum atomic E-state index is 5.60. The van der Waals surface area contributed by atoms with Crippen molar-refractivity contribution in [1.29, 1.82) is 0 Å². The van der Waals surface area contributed by atoms with Gasteiger partial charge in [0.15, 0.2) is 6.29 Å². The van der Waals surface area contributed by atoms with Gasteiger partial charge in [-0.2, -0.15) is 0 Å². The van der Waals surface area contributed by atoms with Crippen LogP contribution in [-0.2, 0) is 14.2 Å². The zero-order valence-electron chi connectivity index (χ0n) is 9.48. The van der Waals surface area contributed by atoms with E-state index in [1.165, 1.54) is 19.3 Å². The van der Waals surface area contributed by atoms with E-state index in [0.29, 0.717) is 6.04 Å². The lowest BCUT2D eigenvalue weighted by atomic mass is 10.0. The summed E-state index contributed by atoms with van der Waals surface area (Å²) in [6, 6.07) is 0.441. The molecule has 2 fully saturated rings. The zero-order valence-corrected chi connectivity index (χ0v) is 9.48. The lowest BCUT2D eigenvalue weighted by molar-refractivity contribution is -0.111. The van der Waals surface area contributed by atoms with E-state index in [9.17, 15) is 0 Å². The number of hydrogen-bond acceptors (Lipinski definition) is 4. The molecule has 4 heteroatoms. The molecule has 2 aliphatic heterocycles. The van der Waals surface area contributed by atoms with Crippen molar-refractivity contribution < 1.29 is 14.2 Å². The molecule has 0 unspecified atom stereocenters. The van der Waals surface area contributed by atoms with Gasteiger partial charge in [-0.05, 0) is 19.4 Å². The monoisotopic (exact) mass is 215 g/mol. The van der Waals surface area contributed by atoms with Crippen LogP contribution in [0.5, 0.6) is 0 Å². The van der Waals surface area contributed by atoms with Crippen LogP contribution in [0.3, 0.4) is 0 Å². The average molecular weight is 215 g/mol. The second-order valence-electron chi connectivity index (χ2n) is 4.20. The van der Waals surface area contributed by atoms with E-state index in [4.69, 9.17) is 14.2 Å². The number of hydrogen-bond donors (Lipinski definition) is 0. The highest BCUT2D eigenvalue weighted by atomic mass is 16.7. The third-order valence-electron chi connectivity index (χ3n) is 3.21. The Morgan fingerprint density at radius 3 is 2.80 bits per heavy atom. The molecule has 15 heavy (non-hydrogen) atoms. The molecule has 0 amide bonds. The number of methoxy groups -OCH3 is 1. The van der Waals surface area contributed by atoms with Crippen molar-refractivity contribution in [3.63, 3.8) is 0 Å². The third kappa shape index (κ3) is 2.91. The number of nitrogens with zero attached hydrogens (tertiary/aromatic N) is 1. The Bertz CT molecular complexity index is 183. The molecule has 4 nitrogen and oxygen atoms in total. The molecule has 0 aromatic heterocycles. The summed E-state index contributed by atoms with van der Waals surface area (Å²) >= 11 is 0. The van der Waals surface area contributed by atoms with Crippen LogP contribution in [0.4, 0.5) is 0 Å². The first-order chi connectivity index (χ1) is 7.42. The Morgan fingerprint density at radius 2 is 2.07 bits per heavy atom. The summed E-state index contributed by atoms with van der Waals surface area (Å²) in [5, 5.41) is 0. The van der Waals surface area contributed by atoms with Gasteiger partial charge in [0, 0.05) is 13.7 Å². The van der Waals surface area contributed by atoms with Crippen LogP contribution >= 0.6 is 0 Å². The molecule has 0 radical (unpaired) electrons. The molecule has 0 spiro atoms. The van der Waals surface area contributed by atoms with Gasteiger partial charge in [0.25, 0.3) is 0 Å². The summed E-state index contributed by atoms with van der Waals surface area (Å²) < 4.78 is 16.3. The normalized spacial score (nSPS) is 29.8. The second kappa shape index (κ2) is 5.80. The number of piperidine rings is 1. The van der Waals surface area contributed by atoms with E-state index in [2.05, 4.69) is 4.90 Å². The van der Waals surface area contributed by atoms with Gasteiger partial charge in [0.2, 0.25) is 0 Å². The third-order valence-corrected chi connectivity index (χ3v) is 3.21. The SMILES string of the molecule is COCCN1CCCC[C@H]1C1OCCO1. The minimum atomic E-state index is 0.00200. The van der Waals surface area contributed by atoms with Crippen molar-refractivity contribution in [3.05, 3.63) is 0 Å². The predicted octanol–water partition coefficient (Wildman–Crippen LogP) is 0.860. The van der Waals surface area contributed by atoms with Crippen LogP contribution in [0.1, 0.15) is 19.3 Å². The average Bonchev–Trinajstić information content (AvgIpc) is 2.80. The van der Waals surface area contributed by atoms with E-state index in [1.54, 1.807) is 7.11 Å². The molecule has 0 bridgehead atoms. The topological polar surface area (TPSA) is 30.9 Å². The van der Waals surface area contributed by atoms with E-state index in [1.807, 2.05) is 0 Å². The van der Waals surface area contributed by atoms with Gasteiger partial charge in [-0.15, -0.1) is 0 Å². The molecule has 88 valence electrons. The first-order valence-electron chi connectivity index (χ1n) is 5.88. The van der Waals surface area contributed by atoms with Crippen molar-refractivity contribution in [2.45, 2.75) is 31.6 Å². The van der Waals surface area contributed by atoms with Crippen LogP contribution in [-0.4, -0.2) is 57.3 Å². The Hall–Kier alpha value is -0.160. The van der Waals surface area contributed by atoms with Crippen LogP contribution < -0.4 is 0 Å². The van der Waals surface area contributed by atoms with Gasteiger partial charge in [0.05, 0.1) is 25.9 Å². The maximum Gasteiger partial charge on any atom is 0.173 e. The quantitative estimate of drug-likeness (QED) is 0.696. The Balaban J connectivity index is 1.86. The van der Waals surface area contributed by atoms with Gasteiger partial charge in [-0.1, -0.05) is 6.42 Å². The smallest absolute Gasteiger partial charge is 0.173 e. The van der Waals surface area contributed by atoms with Gasteiger partial charge in [0.1, 0.15) is 0 Å². The van der Waals surface area contributed by atoms with E-state index in [0.717, 1.165) is 32.9 Å². The van der Waals surface area contributed by atoms with Gasteiger partial charge in [-0.3, -0.25) is 4.90 Å². The van der Waals surface area contributed by atoms with Gasteiger partial charge in [-0.25, -0.2) is 0 Å². The molecule has 0 aromatic rings. The number of rotatable bonds is 4. The molecule has 0 saturated carbocycles. The second-order valence-corrected chi connectivity index (χ2v) is 4.20. The summed E-state index contributed by atoms with van der Waals surface area (Å²) in [6.45, 7) is 4.43. The molecule has 0 aliphatic carbocycles. The van der Waals surface area contributed by atoms with Crippen molar-refractivity contribution in [2.75, 3.05) is 40.0 Å². The lowest BCUT2D eigenvalue weighted by Gasteiger charge is -2.37. The number of likely N-dealkylation sites (tertiary alicyclic amines) is 1. The highest BCUT2D eigenvalue weighted by molar-refractivity contribution is 4.81. The van der Waals surface area contributed by atoms with E-state index >= 15 is 0 Å². The minimum Gasteiger partial charge on any atom is -0.383 e. The van der Waals surface area contributed by atoms with Crippen LogP contribution in [0, 0.1) is 0 Å². The lowest BCUT2D eigenvalue weighted by Crippen LogP contribution is -2.48. The molecule has 2 heterocycles. The van der Waals surface area contributed by atoms with Crippen molar-refractivity contribution in [1.82, 2.24) is 4.90 Å². The largest absolute Gasteiger partial charge is 0.383 e. The Kier molecular flexibility index (Phi) is 4.38. The van der Waals surface area contributed by atoms with Crippen LogP contribution in [0.25, 0.3) is 0 Å². The summed E-state index contributed by atoms with van der Waals surface area (Å²) in [5.41, 5.74) is 0. The highest BCUT2D eigenvalue weighted by Crippen LogP contribution is 2.23. The van der Waals surface area contributed by atoms with Crippen molar-refractivity contribution >= 4 is 0 Å². The molecule has 0 aromatic carbocycles. The van der Waals surface area contributed by atoms with Crippen LogP contribution in [0.15, 0.2) is 0 Å². The molecular formula is C11H21NO3. The van der Waals surface area contributed by atoms with Crippen molar-refractivity contribution in [2.24, 2.45) is 0 Å². The minimum absolute atomic E-state index is 0.00200. The first kappa shape index (κ1) is 11.3. The summed E-state index contributed by atoms with van der Waals surface area (Å²) in [4.78, 5) is 2.45. The van der Waals surface area contributed by atoms with E-state index in [-0.39, 0.29) is 6.29 Å². The summed E-state index contributed by atoms with van der Waals surface area (Å²) in [7, 11) is 1.75. The fraction of sp³-hybridized carbons (Fsp3) is 1.00. The molecule has 1 atom stereocenters. The van der Waals surface area contributed by atoms with Crippen LogP contribution in [0.2, 0.25) is 0 Å². The Labute approximate surface area is 91.5 Å². The molecule has 2 aliphatic rings. The summed E-state index contributed by atoms with van der Waals surface area (Å²) in [5.74, 6) is 0. The maximum absolute atomic E-state index is 5.60. The standard InChI is InChI=1S/C11H21NO3/c1-13-7-6-12-5-3-2-4-10(12)11-14-8-9-15-11/h10-11H,2-9H2,1H3/t10-/m0/s1. The fourth-order valence-electron chi connectivity index (χ4n) is 2.41. The van der Waals surface area contributed by atoms with Gasteiger partial charge >= 0.3 is 0 Å².